The maximum Gasteiger partial charge on any atom is 0.387 e. The van der Waals surface area contributed by atoms with Gasteiger partial charge in [-0.15, -0.1) is 0 Å². The van der Waals surface area contributed by atoms with E-state index in [-0.39, 0.29) is 5.75 Å². The summed E-state index contributed by atoms with van der Waals surface area (Å²) in [5.41, 5.74) is 2.92. The molecule has 2 aromatic carbocycles. The number of rotatable bonds is 5. The van der Waals surface area contributed by atoms with Crippen molar-refractivity contribution in [2.75, 3.05) is 5.32 Å². The Labute approximate surface area is 120 Å². The molecule has 0 aliphatic rings. The number of halogens is 2. The van der Waals surface area contributed by atoms with Crippen LogP contribution in [0.5, 0.6) is 5.75 Å². The number of anilines is 1. The first-order valence-corrected chi connectivity index (χ1v) is 6.56. The van der Waals surface area contributed by atoms with Crippen LogP contribution in [0.25, 0.3) is 10.9 Å². The highest BCUT2D eigenvalue weighted by molar-refractivity contribution is 5.83. The molecule has 0 amide bonds. The number of nitrogens with one attached hydrogen (secondary N) is 2. The third-order valence-electron chi connectivity index (χ3n) is 3.22. The van der Waals surface area contributed by atoms with Crippen LogP contribution in [0, 0.1) is 0 Å². The summed E-state index contributed by atoms with van der Waals surface area (Å²) in [4.78, 5) is 3.20. The van der Waals surface area contributed by atoms with Gasteiger partial charge < -0.3 is 15.0 Å². The fraction of sp³-hybridized carbons (Fsp3) is 0.125. The van der Waals surface area contributed by atoms with Gasteiger partial charge in [0.25, 0.3) is 0 Å². The van der Waals surface area contributed by atoms with Crippen molar-refractivity contribution in [3.8, 4) is 5.75 Å². The Hall–Kier alpha value is -2.56. The van der Waals surface area contributed by atoms with Crippen LogP contribution < -0.4 is 10.1 Å². The van der Waals surface area contributed by atoms with E-state index in [2.05, 4.69) is 15.0 Å². The van der Waals surface area contributed by atoms with Crippen LogP contribution in [0.4, 0.5) is 14.5 Å². The fourth-order valence-electron chi connectivity index (χ4n) is 2.26. The molecule has 2 N–H and O–H groups in total. The third-order valence-corrected chi connectivity index (χ3v) is 3.22. The van der Waals surface area contributed by atoms with E-state index < -0.39 is 6.61 Å². The SMILES string of the molecule is FC(F)Oc1cccc(NCc2c[nH]c3ccccc23)c1. The molecule has 3 rings (SSSR count). The van der Waals surface area contributed by atoms with Crippen molar-refractivity contribution in [2.45, 2.75) is 13.2 Å². The second kappa shape index (κ2) is 5.83. The molecule has 1 aromatic heterocycles. The molecule has 0 unspecified atom stereocenters. The van der Waals surface area contributed by atoms with Gasteiger partial charge >= 0.3 is 6.61 Å². The first kappa shape index (κ1) is 13.4. The molecule has 3 nitrogen and oxygen atoms in total. The minimum Gasteiger partial charge on any atom is -0.435 e. The van der Waals surface area contributed by atoms with Crippen molar-refractivity contribution in [3.63, 3.8) is 0 Å². The van der Waals surface area contributed by atoms with Crippen LogP contribution >= 0.6 is 0 Å². The molecule has 0 saturated heterocycles. The average Bonchev–Trinajstić information content (AvgIpc) is 2.88. The van der Waals surface area contributed by atoms with Crippen LogP contribution in [-0.4, -0.2) is 11.6 Å². The maximum absolute atomic E-state index is 12.2. The largest absolute Gasteiger partial charge is 0.435 e. The normalized spacial score (nSPS) is 11.0. The van der Waals surface area contributed by atoms with E-state index in [9.17, 15) is 8.78 Å². The van der Waals surface area contributed by atoms with Crippen LogP contribution in [0.3, 0.4) is 0 Å². The molecular weight excluding hydrogens is 274 g/mol. The summed E-state index contributed by atoms with van der Waals surface area (Å²) in [6, 6.07) is 14.6. The summed E-state index contributed by atoms with van der Waals surface area (Å²) in [6.45, 7) is -2.21. The number of hydrogen-bond donors (Lipinski definition) is 2. The summed E-state index contributed by atoms with van der Waals surface area (Å²) in [5.74, 6) is 0.147. The van der Waals surface area contributed by atoms with E-state index in [1.807, 2.05) is 36.5 Å². The smallest absolute Gasteiger partial charge is 0.387 e. The Morgan fingerprint density at radius 1 is 1.10 bits per heavy atom. The van der Waals surface area contributed by atoms with E-state index in [1.165, 1.54) is 6.07 Å². The highest BCUT2D eigenvalue weighted by Gasteiger charge is 2.06. The molecule has 0 bridgehead atoms. The Kier molecular flexibility index (Phi) is 3.73. The number of ether oxygens (including phenoxy) is 1. The molecule has 0 spiro atoms. The minimum absolute atomic E-state index is 0.147. The first-order valence-electron chi connectivity index (χ1n) is 6.56. The monoisotopic (exact) mass is 288 g/mol. The molecule has 3 aromatic rings. The van der Waals surface area contributed by atoms with Crippen LogP contribution in [-0.2, 0) is 6.54 Å². The summed E-state index contributed by atoms with van der Waals surface area (Å²) in [5, 5.41) is 4.35. The van der Waals surface area contributed by atoms with Gasteiger partial charge in [-0.25, -0.2) is 0 Å². The molecule has 21 heavy (non-hydrogen) atoms. The first-order chi connectivity index (χ1) is 10.2. The number of alkyl halides is 2. The van der Waals surface area contributed by atoms with Gasteiger partial charge in [0.1, 0.15) is 5.75 Å². The molecule has 0 saturated carbocycles. The number of para-hydroxylation sites is 1. The Morgan fingerprint density at radius 2 is 1.95 bits per heavy atom. The molecule has 0 aliphatic heterocycles. The van der Waals surface area contributed by atoms with Crippen LogP contribution in [0.15, 0.2) is 54.7 Å². The van der Waals surface area contributed by atoms with Crippen molar-refractivity contribution in [1.82, 2.24) is 4.98 Å². The lowest BCUT2D eigenvalue weighted by Crippen LogP contribution is -2.03. The number of benzene rings is 2. The van der Waals surface area contributed by atoms with Gasteiger partial charge in [0, 0.05) is 35.4 Å². The molecular formula is C16H14F2N2O. The quantitative estimate of drug-likeness (QED) is 0.731. The molecule has 108 valence electrons. The van der Waals surface area contributed by atoms with Gasteiger partial charge in [-0.2, -0.15) is 8.78 Å². The van der Waals surface area contributed by atoms with Gasteiger partial charge in [-0.05, 0) is 23.8 Å². The van der Waals surface area contributed by atoms with Crippen molar-refractivity contribution in [2.24, 2.45) is 0 Å². The van der Waals surface area contributed by atoms with Gasteiger partial charge in [-0.1, -0.05) is 24.3 Å². The van der Waals surface area contributed by atoms with Crippen LogP contribution in [0.1, 0.15) is 5.56 Å². The lowest BCUT2D eigenvalue weighted by Gasteiger charge is -2.09. The van der Waals surface area contributed by atoms with Crippen molar-refractivity contribution >= 4 is 16.6 Å². The number of fused-ring (bicyclic) bond motifs is 1. The topological polar surface area (TPSA) is 37.0 Å². The fourth-order valence-corrected chi connectivity index (χ4v) is 2.26. The van der Waals surface area contributed by atoms with Crippen molar-refractivity contribution < 1.29 is 13.5 Å². The summed E-state index contributed by atoms with van der Waals surface area (Å²) in [7, 11) is 0. The van der Waals surface area contributed by atoms with Gasteiger partial charge in [0.05, 0.1) is 0 Å². The highest BCUT2D eigenvalue weighted by atomic mass is 19.3. The van der Waals surface area contributed by atoms with E-state index >= 15 is 0 Å². The standard InChI is InChI=1S/C16H14F2N2O/c17-16(18)21-13-5-3-4-12(8-13)19-9-11-10-20-15-7-2-1-6-14(11)15/h1-8,10,16,19-20H,9H2. The van der Waals surface area contributed by atoms with E-state index in [0.717, 1.165) is 22.2 Å². The molecule has 0 fully saturated rings. The number of hydrogen-bond acceptors (Lipinski definition) is 2. The minimum atomic E-state index is -2.81. The van der Waals surface area contributed by atoms with Gasteiger partial charge in [-0.3, -0.25) is 0 Å². The number of aromatic nitrogens is 1. The molecule has 1 heterocycles. The van der Waals surface area contributed by atoms with Crippen molar-refractivity contribution in [3.05, 3.63) is 60.3 Å². The zero-order valence-corrected chi connectivity index (χ0v) is 11.1. The summed E-state index contributed by atoms with van der Waals surface area (Å²) < 4.78 is 28.8. The molecule has 0 aliphatic carbocycles. The average molecular weight is 288 g/mol. The highest BCUT2D eigenvalue weighted by Crippen LogP contribution is 2.22. The maximum atomic E-state index is 12.2. The lowest BCUT2D eigenvalue weighted by molar-refractivity contribution is -0.0498. The van der Waals surface area contributed by atoms with Gasteiger partial charge in [0.2, 0.25) is 0 Å². The summed E-state index contributed by atoms with van der Waals surface area (Å²) in [6.07, 6.45) is 1.94. The van der Waals surface area contributed by atoms with E-state index in [4.69, 9.17) is 0 Å². The number of aromatic amines is 1. The molecule has 0 atom stereocenters. The van der Waals surface area contributed by atoms with Crippen LogP contribution in [0.2, 0.25) is 0 Å². The van der Waals surface area contributed by atoms with E-state index in [1.54, 1.807) is 12.1 Å². The predicted molar refractivity (Wildman–Crippen MR) is 78.7 cm³/mol. The molecule has 0 radical (unpaired) electrons. The van der Waals surface area contributed by atoms with E-state index in [0.29, 0.717) is 6.54 Å². The Morgan fingerprint density at radius 3 is 2.81 bits per heavy atom. The zero-order chi connectivity index (χ0) is 14.7. The third kappa shape index (κ3) is 3.13. The molecule has 5 heteroatoms. The second-order valence-corrected chi connectivity index (χ2v) is 4.62. The second-order valence-electron chi connectivity index (χ2n) is 4.62. The summed E-state index contributed by atoms with van der Waals surface area (Å²) >= 11 is 0. The number of H-pyrrole nitrogens is 1. The Bertz CT molecular complexity index is 740. The predicted octanol–water partition coefficient (Wildman–Crippen LogP) is 4.38. The Balaban J connectivity index is 1.72. The lowest BCUT2D eigenvalue weighted by atomic mass is 10.2. The van der Waals surface area contributed by atoms with Crippen molar-refractivity contribution in [1.29, 1.82) is 0 Å². The van der Waals surface area contributed by atoms with Gasteiger partial charge in [0.15, 0.2) is 0 Å². The zero-order valence-electron chi connectivity index (χ0n) is 11.1.